The van der Waals surface area contributed by atoms with Gasteiger partial charge in [0.05, 0.1) is 6.61 Å². The van der Waals surface area contributed by atoms with E-state index in [0.29, 0.717) is 12.4 Å². The van der Waals surface area contributed by atoms with Crippen molar-refractivity contribution >= 4 is 15.9 Å². The third-order valence-electron chi connectivity index (χ3n) is 2.40. The van der Waals surface area contributed by atoms with Crippen molar-refractivity contribution in [1.29, 1.82) is 0 Å². The predicted molar refractivity (Wildman–Crippen MR) is 62.4 cm³/mol. The Balaban J connectivity index is 2.19. The zero-order valence-electron chi connectivity index (χ0n) is 8.32. The van der Waals surface area contributed by atoms with Crippen LogP contribution in [0.5, 0.6) is 0 Å². The summed E-state index contributed by atoms with van der Waals surface area (Å²) in [5, 5.41) is 10.1. The monoisotopic (exact) mass is 268 g/mol. The molecule has 0 aromatic heterocycles. The summed E-state index contributed by atoms with van der Waals surface area (Å²) in [6.45, 7) is 0.705. The molecule has 0 fully saturated rings. The fraction of sp³-hybridized carbons (Fsp3) is 0.333. The van der Waals surface area contributed by atoms with Crippen LogP contribution < -0.4 is 0 Å². The molecule has 0 saturated carbocycles. The van der Waals surface area contributed by atoms with Crippen molar-refractivity contribution in [3.05, 3.63) is 46.1 Å². The van der Waals surface area contributed by atoms with E-state index in [2.05, 4.69) is 15.9 Å². The van der Waals surface area contributed by atoms with E-state index in [1.807, 2.05) is 30.3 Å². The lowest BCUT2D eigenvalue weighted by atomic mass is 10.1. The Morgan fingerprint density at radius 3 is 2.93 bits per heavy atom. The van der Waals surface area contributed by atoms with E-state index in [1.54, 1.807) is 0 Å². The van der Waals surface area contributed by atoms with Gasteiger partial charge in [0.2, 0.25) is 0 Å². The van der Waals surface area contributed by atoms with Crippen molar-refractivity contribution in [2.24, 2.45) is 0 Å². The van der Waals surface area contributed by atoms with Crippen molar-refractivity contribution in [1.82, 2.24) is 0 Å². The first-order chi connectivity index (χ1) is 7.27. The molecule has 1 atom stereocenters. The number of benzene rings is 1. The number of ether oxygens (including phenoxy) is 1. The Morgan fingerprint density at radius 2 is 2.27 bits per heavy atom. The Hall–Kier alpha value is -0.800. The van der Waals surface area contributed by atoms with Crippen LogP contribution >= 0.6 is 15.9 Å². The first-order valence-corrected chi connectivity index (χ1v) is 5.83. The van der Waals surface area contributed by atoms with Gasteiger partial charge in [-0.1, -0.05) is 28.1 Å². The zero-order valence-corrected chi connectivity index (χ0v) is 9.90. The van der Waals surface area contributed by atoms with Gasteiger partial charge in [-0.05, 0) is 36.6 Å². The molecule has 1 unspecified atom stereocenters. The van der Waals surface area contributed by atoms with Gasteiger partial charge in [-0.2, -0.15) is 0 Å². The minimum atomic E-state index is -0.636. The summed E-state index contributed by atoms with van der Waals surface area (Å²) in [5.41, 5.74) is 0.859. The van der Waals surface area contributed by atoms with E-state index in [-0.39, 0.29) is 0 Å². The minimum absolute atomic E-state index is 0.636. The quantitative estimate of drug-likeness (QED) is 0.893. The van der Waals surface area contributed by atoms with Crippen LogP contribution in [0.25, 0.3) is 0 Å². The molecule has 1 N–H and O–H groups in total. The maximum absolute atomic E-state index is 10.1. The van der Waals surface area contributed by atoms with Crippen molar-refractivity contribution in [3.63, 3.8) is 0 Å². The minimum Gasteiger partial charge on any atom is -0.495 e. The van der Waals surface area contributed by atoms with E-state index in [4.69, 9.17) is 4.74 Å². The van der Waals surface area contributed by atoms with Crippen LogP contribution in [-0.2, 0) is 4.74 Å². The lowest BCUT2D eigenvalue weighted by Gasteiger charge is -2.20. The molecular weight excluding hydrogens is 256 g/mol. The Kier molecular flexibility index (Phi) is 3.44. The molecule has 3 heteroatoms. The second-order valence-corrected chi connectivity index (χ2v) is 4.47. The molecule has 0 bridgehead atoms. The summed E-state index contributed by atoms with van der Waals surface area (Å²) in [6, 6.07) is 7.65. The van der Waals surface area contributed by atoms with Crippen LogP contribution in [0.4, 0.5) is 0 Å². The molecule has 0 radical (unpaired) electrons. The number of hydrogen-bond acceptors (Lipinski definition) is 2. The average molecular weight is 269 g/mol. The van der Waals surface area contributed by atoms with Gasteiger partial charge in [0.15, 0.2) is 0 Å². The van der Waals surface area contributed by atoms with Gasteiger partial charge in [0.1, 0.15) is 11.9 Å². The van der Waals surface area contributed by atoms with Gasteiger partial charge in [-0.25, -0.2) is 0 Å². The second kappa shape index (κ2) is 4.81. The Morgan fingerprint density at radius 1 is 1.40 bits per heavy atom. The number of hydrogen-bond donors (Lipinski definition) is 1. The Labute approximate surface area is 97.7 Å². The fourth-order valence-corrected chi connectivity index (χ4v) is 2.03. The molecule has 2 nitrogen and oxygen atoms in total. The SMILES string of the molecule is OC(C1=CCCCO1)c1cccc(Br)c1. The highest BCUT2D eigenvalue weighted by molar-refractivity contribution is 9.10. The summed E-state index contributed by atoms with van der Waals surface area (Å²) in [4.78, 5) is 0. The number of rotatable bonds is 2. The zero-order chi connectivity index (χ0) is 10.7. The number of halogens is 1. The van der Waals surface area contributed by atoms with Crippen molar-refractivity contribution in [2.45, 2.75) is 18.9 Å². The van der Waals surface area contributed by atoms with Gasteiger partial charge in [-0.15, -0.1) is 0 Å². The maximum atomic E-state index is 10.1. The first kappa shape index (κ1) is 10.7. The van der Waals surface area contributed by atoms with Crippen LogP contribution in [0.1, 0.15) is 24.5 Å². The van der Waals surface area contributed by atoms with Gasteiger partial charge in [0.25, 0.3) is 0 Å². The van der Waals surface area contributed by atoms with Crippen molar-refractivity contribution in [3.8, 4) is 0 Å². The molecule has 0 amide bonds. The van der Waals surface area contributed by atoms with Crippen molar-refractivity contribution < 1.29 is 9.84 Å². The number of aliphatic hydroxyl groups is 1. The summed E-state index contributed by atoms with van der Waals surface area (Å²) >= 11 is 3.38. The van der Waals surface area contributed by atoms with Crippen LogP contribution in [0, 0.1) is 0 Å². The standard InChI is InChI=1S/C12H13BrO2/c13-10-5-3-4-9(8-10)12(14)11-6-1-2-7-15-11/h3-6,8,12,14H,1-2,7H2. The molecule has 2 rings (SSSR count). The van der Waals surface area contributed by atoms with E-state index in [9.17, 15) is 5.11 Å². The van der Waals surface area contributed by atoms with E-state index >= 15 is 0 Å². The van der Waals surface area contributed by atoms with Crippen LogP contribution in [0.15, 0.2) is 40.6 Å². The third-order valence-corrected chi connectivity index (χ3v) is 2.89. The van der Waals surface area contributed by atoms with E-state index in [1.165, 1.54) is 0 Å². The van der Waals surface area contributed by atoms with Crippen LogP contribution in [0.3, 0.4) is 0 Å². The number of allylic oxidation sites excluding steroid dienone is 1. The summed E-state index contributed by atoms with van der Waals surface area (Å²) in [5.74, 6) is 0.680. The molecule has 15 heavy (non-hydrogen) atoms. The molecule has 1 aromatic carbocycles. The van der Waals surface area contributed by atoms with Gasteiger partial charge < -0.3 is 9.84 Å². The Bertz CT molecular complexity index is 374. The van der Waals surface area contributed by atoms with Gasteiger partial charge in [0, 0.05) is 4.47 Å². The molecule has 80 valence electrons. The van der Waals surface area contributed by atoms with E-state index < -0.39 is 6.10 Å². The fourth-order valence-electron chi connectivity index (χ4n) is 1.61. The molecule has 1 aliphatic rings. The normalized spacial score (nSPS) is 17.9. The lowest BCUT2D eigenvalue weighted by Crippen LogP contribution is -2.09. The number of aliphatic hydroxyl groups excluding tert-OH is 1. The smallest absolute Gasteiger partial charge is 0.136 e. The largest absolute Gasteiger partial charge is 0.495 e. The topological polar surface area (TPSA) is 29.5 Å². The third kappa shape index (κ3) is 2.61. The highest BCUT2D eigenvalue weighted by Crippen LogP contribution is 2.27. The summed E-state index contributed by atoms with van der Waals surface area (Å²) in [7, 11) is 0. The molecule has 1 aromatic rings. The van der Waals surface area contributed by atoms with Gasteiger partial charge in [-0.3, -0.25) is 0 Å². The van der Waals surface area contributed by atoms with E-state index in [0.717, 1.165) is 22.9 Å². The maximum Gasteiger partial charge on any atom is 0.136 e. The molecule has 0 aliphatic carbocycles. The second-order valence-electron chi connectivity index (χ2n) is 3.55. The molecular formula is C12H13BrO2. The molecule has 0 saturated heterocycles. The molecule has 1 aliphatic heterocycles. The average Bonchev–Trinajstić information content (AvgIpc) is 2.29. The summed E-state index contributed by atoms with van der Waals surface area (Å²) in [6.07, 6.45) is 3.35. The molecule has 1 heterocycles. The predicted octanol–water partition coefficient (Wildman–Crippen LogP) is 3.18. The van der Waals surface area contributed by atoms with Crippen molar-refractivity contribution in [2.75, 3.05) is 6.61 Å². The summed E-state index contributed by atoms with van der Waals surface area (Å²) < 4.78 is 6.40. The highest BCUT2D eigenvalue weighted by Gasteiger charge is 2.16. The highest BCUT2D eigenvalue weighted by atomic mass is 79.9. The lowest BCUT2D eigenvalue weighted by molar-refractivity contribution is 0.0918. The van der Waals surface area contributed by atoms with Crippen LogP contribution in [-0.4, -0.2) is 11.7 Å². The van der Waals surface area contributed by atoms with Crippen LogP contribution in [0.2, 0.25) is 0 Å². The first-order valence-electron chi connectivity index (χ1n) is 5.04. The van der Waals surface area contributed by atoms with Gasteiger partial charge >= 0.3 is 0 Å². The molecule has 0 spiro atoms.